The van der Waals surface area contributed by atoms with Gasteiger partial charge in [0.1, 0.15) is 5.78 Å². The molecule has 0 unspecified atom stereocenters. The largest absolute Gasteiger partial charge is 0.300 e. The van der Waals surface area contributed by atoms with Crippen molar-refractivity contribution in [1.29, 1.82) is 0 Å². The van der Waals surface area contributed by atoms with E-state index in [-0.39, 0.29) is 0 Å². The average molecular weight is 184 g/mol. The van der Waals surface area contributed by atoms with Crippen LogP contribution in [-0.4, -0.2) is 5.78 Å². The highest BCUT2D eigenvalue weighted by Gasteiger charge is 2.06. The lowest BCUT2D eigenvalue weighted by molar-refractivity contribution is -0.120. The minimum Gasteiger partial charge on any atom is -0.300 e. The zero-order valence-corrected chi connectivity index (χ0v) is 9.76. The highest BCUT2D eigenvalue weighted by Crippen LogP contribution is 2.07. The van der Waals surface area contributed by atoms with Crippen molar-refractivity contribution in [3.63, 3.8) is 0 Å². The van der Waals surface area contributed by atoms with Crippen LogP contribution in [-0.2, 0) is 4.79 Å². The Bertz CT molecular complexity index is 122. The molecule has 0 heterocycles. The maximum absolute atomic E-state index is 11.1. The molecule has 0 fully saturated rings. The summed E-state index contributed by atoms with van der Waals surface area (Å²) >= 11 is 0. The molecular formula is C12H24O. The Morgan fingerprint density at radius 3 is 1.54 bits per heavy atom. The second-order valence-electron chi connectivity index (χ2n) is 4.14. The Morgan fingerprint density at radius 2 is 1.38 bits per heavy atom. The Hall–Kier alpha value is -0.590. The highest BCUT2D eigenvalue weighted by molar-refractivity contribution is 5.78. The summed E-state index contributed by atoms with van der Waals surface area (Å²) in [7, 11) is 0. The van der Waals surface area contributed by atoms with Gasteiger partial charge in [-0.2, -0.15) is 0 Å². The van der Waals surface area contributed by atoms with Crippen LogP contribution in [0.2, 0.25) is 0 Å². The van der Waals surface area contributed by atoms with Gasteiger partial charge < -0.3 is 0 Å². The molecule has 0 spiro atoms. The number of ketones is 1. The van der Waals surface area contributed by atoms with E-state index in [1.165, 1.54) is 0 Å². The van der Waals surface area contributed by atoms with Gasteiger partial charge in [-0.05, 0) is 18.8 Å². The van der Waals surface area contributed by atoms with E-state index >= 15 is 0 Å². The Morgan fingerprint density at radius 1 is 1.15 bits per heavy atom. The molecule has 0 atom stereocenters. The van der Waals surface area contributed by atoms with E-state index in [1.54, 1.807) is 6.08 Å². The molecule has 0 aromatic carbocycles. The molecule has 0 aromatic rings. The van der Waals surface area contributed by atoms with Crippen LogP contribution in [0.25, 0.3) is 0 Å². The van der Waals surface area contributed by atoms with Crippen molar-refractivity contribution < 1.29 is 4.79 Å². The number of carbonyl (C=O) groups is 1. The predicted octanol–water partition coefficient (Wildman–Crippen LogP) is 3.84. The Labute approximate surface area is 83.2 Å². The molecule has 1 heteroatoms. The van der Waals surface area contributed by atoms with Gasteiger partial charge >= 0.3 is 0 Å². The van der Waals surface area contributed by atoms with E-state index in [9.17, 15) is 4.79 Å². The first kappa shape index (κ1) is 14.9. The molecule has 0 aliphatic rings. The van der Waals surface area contributed by atoms with Crippen LogP contribution in [0.5, 0.6) is 0 Å². The first-order valence-electron chi connectivity index (χ1n) is 5.02. The van der Waals surface area contributed by atoms with E-state index in [4.69, 9.17) is 0 Å². The smallest absolute Gasteiger partial charge is 0.133 e. The van der Waals surface area contributed by atoms with Crippen LogP contribution < -0.4 is 0 Å². The third-order valence-corrected chi connectivity index (χ3v) is 1.27. The molecular weight excluding hydrogens is 160 g/mol. The van der Waals surface area contributed by atoms with Gasteiger partial charge in [0.2, 0.25) is 0 Å². The summed E-state index contributed by atoms with van der Waals surface area (Å²) in [4.78, 5) is 11.1. The van der Waals surface area contributed by atoms with Crippen LogP contribution >= 0.6 is 0 Å². The molecule has 0 saturated carbocycles. The van der Waals surface area contributed by atoms with Crippen molar-refractivity contribution in [1.82, 2.24) is 0 Å². The lowest BCUT2D eigenvalue weighted by Crippen LogP contribution is -2.05. The molecule has 78 valence electrons. The average Bonchev–Trinajstić information content (AvgIpc) is 1.83. The van der Waals surface area contributed by atoms with Gasteiger partial charge in [0.25, 0.3) is 0 Å². The van der Waals surface area contributed by atoms with Gasteiger partial charge in [0, 0.05) is 12.8 Å². The summed E-state index contributed by atoms with van der Waals surface area (Å²) in [5, 5.41) is 0. The third kappa shape index (κ3) is 18.4. The van der Waals surface area contributed by atoms with Crippen molar-refractivity contribution >= 4 is 5.78 Å². The van der Waals surface area contributed by atoms with Crippen LogP contribution in [0.1, 0.15) is 47.5 Å². The van der Waals surface area contributed by atoms with Crippen molar-refractivity contribution in [3.8, 4) is 0 Å². The standard InChI is InChI=1S/C9H18O.C3H6/c1-7(2)5-9(10)6-8(3)4;1-3-2/h7-8H,5-6H2,1-4H3;3H,1H2,2H3. The summed E-state index contributed by atoms with van der Waals surface area (Å²) in [6.07, 6.45) is 3.25. The molecule has 0 radical (unpaired) electrons. The lowest BCUT2D eigenvalue weighted by Gasteiger charge is -2.05. The van der Waals surface area contributed by atoms with Crippen molar-refractivity contribution in [3.05, 3.63) is 12.7 Å². The van der Waals surface area contributed by atoms with Crippen LogP contribution in [0.15, 0.2) is 12.7 Å². The van der Waals surface area contributed by atoms with Gasteiger partial charge in [0.15, 0.2) is 0 Å². The van der Waals surface area contributed by atoms with Gasteiger partial charge in [0.05, 0.1) is 0 Å². The van der Waals surface area contributed by atoms with Gasteiger partial charge in [-0.15, -0.1) is 6.58 Å². The molecule has 0 rings (SSSR count). The fourth-order valence-electron chi connectivity index (χ4n) is 0.994. The topological polar surface area (TPSA) is 17.1 Å². The molecule has 0 aliphatic carbocycles. The van der Waals surface area contributed by atoms with E-state index < -0.39 is 0 Å². The minimum atomic E-state index is 0.407. The molecule has 1 nitrogen and oxygen atoms in total. The maximum Gasteiger partial charge on any atom is 0.133 e. The summed E-state index contributed by atoms with van der Waals surface area (Å²) in [5.74, 6) is 1.45. The van der Waals surface area contributed by atoms with E-state index in [2.05, 4.69) is 34.3 Å². The van der Waals surface area contributed by atoms with Crippen molar-refractivity contribution in [2.45, 2.75) is 47.5 Å². The fraction of sp³-hybridized carbons (Fsp3) is 0.750. The lowest BCUT2D eigenvalue weighted by atomic mass is 10.00. The predicted molar refractivity (Wildman–Crippen MR) is 59.8 cm³/mol. The first-order valence-corrected chi connectivity index (χ1v) is 5.02. The molecule has 0 N–H and O–H groups in total. The van der Waals surface area contributed by atoms with Crippen LogP contribution in [0.4, 0.5) is 0 Å². The Balaban J connectivity index is 0. The normalized spacial score (nSPS) is 9.46. The van der Waals surface area contributed by atoms with E-state index in [1.807, 2.05) is 6.92 Å². The van der Waals surface area contributed by atoms with Gasteiger partial charge in [-0.25, -0.2) is 0 Å². The maximum atomic E-state index is 11.1. The van der Waals surface area contributed by atoms with E-state index in [0.717, 1.165) is 12.8 Å². The first-order chi connectivity index (χ1) is 5.93. The molecule has 13 heavy (non-hydrogen) atoms. The molecule has 0 aliphatic heterocycles. The highest BCUT2D eigenvalue weighted by atomic mass is 16.1. The quantitative estimate of drug-likeness (QED) is 0.607. The summed E-state index contributed by atoms with van der Waals surface area (Å²) in [6.45, 7) is 13.6. The second kappa shape index (κ2) is 9.50. The van der Waals surface area contributed by atoms with Crippen LogP contribution in [0, 0.1) is 11.8 Å². The van der Waals surface area contributed by atoms with Crippen LogP contribution in [0.3, 0.4) is 0 Å². The number of carbonyl (C=O) groups excluding carboxylic acids is 1. The minimum absolute atomic E-state index is 0.407. The molecule has 0 amide bonds. The number of hydrogen-bond donors (Lipinski definition) is 0. The zero-order chi connectivity index (χ0) is 10.9. The number of Topliss-reactive ketones (excluding diaryl/α,β-unsaturated/α-hetero) is 1. The Kier molecular flexibility index (Phi) is 10.9. The molecule has 0 aromatic heterocycles. The zero-order valence-electron chi connectivity index (χ0n) is 9.76. The van der Waals surface area contributed by atoms with Crippen molar-refractivity contribution in [2.75, 3.05) is 0 Å². The number of allylic oxidation sites excluding steroid dienone is 1. The van der Waals surface area contributed by atoms with Crippen molar-refractivity contribution in [2.24, 2.45) is 11.8 Å². The monoisotopic (exact) mass is 184 g/mol. The molecule has 0 saturated heterocycles. The van der Waals surface area contributed by atoms with Gasteiger partial charge in [-0.3, -0.25) is 4.79 Å². The summed E-state index contributed by atoms with van der Waals surface area (Å²) < 4.78 is 0. The third-order valence-electron chi connectivity index (χ3n) is 1.27. The summed E-state index contributed by atoms with van der Waals surface area (Å²) in [5.41, 5.74) is 0. The second-order valence-corrected chi connectivity index (χ2v) is 4.14. The fourth-order valence-corrected chi connectivity index (χ4v) is 0.994. The van der Waals surface area contributed by atoms with Gasteiger partial charge in [-0.1, -0.05) is 33.8 Å². The SMILES string of the molecule is C=CC.CC(C)CC(=O)CC(C)C. The van der Waals surface area contributed by atoms with E-state index in [0.29, 0.717) is 17.6 Å². The summed E-state index contributed by atoms with van der Waals surface area (Å²) in [6, 6.07) is 0. The number of hydrogen-bond acceptors (Lipinski definition) is 1. The number of rotatable bonds is 4. The molecule has 0 bridgehead atoms.